The second-order valence-electron chi connectivity index (χ2n) is 8.84. The smallest absolute Gasteiger partial charge is 0.224 e. The molecule has 2 aliphatic rings. The number of likely N-dealkylation sites (tertiary alicyclic amines) is 1. The van der Waals surface area contributed by atoms with Crippen molar-refractivity contribution in [2.24, 2.45) is 7.05 Å². The fourth-order valence-corrected chi connectivity index (χ4v) is 4.06. The first kappa shape index (κ1) is 20.0. The summed E-state index contributed by atoms with van der Waals surface area (Å²) in [6.07, 6.45) is 9.03. The molecule has 1 atom stereocenters. The molecule has 170 valence electrons. The van der Waals surface area contributed by atoms with Crippen LogP contribution < -0.4 is 15.4 Å². The van der Waals surface area contributed by atoms with Gasteiger partial charge in [0, 0.05) is 43.2 Å². The number of likely N-dealkylation sites (N-methyl/N-ethyl adjacent to an activating group) is 1. The summed E-state index contributed by atoms with van der Waals surface area (Å²) in [5, 5.41) is 15.7. The van der Waals surface area contributed by atoms with Crippen LogP contribution in [-0.4, -0.2) is 66.5 Å². The van der Waals surface area contributed by atoms with E-state index in [2.05, 4.69) is 48.8 Å². The number of pyridine rings is 1. The van der Waals surface area contributed by atoms with Crippen LogP contribution in [0.25, 0.3) is 16.8 Å². The summed E-state index contributed by atoms with van der Waals surface area (Å²) in [5.74, 6) is 2.87. The van der Waals surface area contributed by atoms with Crippen LogP contribution in [0, 0.1) is 0 Å². The zero-order valence-corrected chi connectivity index (χ0v) is 18.8. The van der Waals surface area contributed by atoms with Crippen molar-refractivity contribution in [3.8, 4) is 17.0 Å². The SMILES string of the molecule is CN1CC[C@@H]1COc1cnn(C)c1-c1ccn2nc(Nc3ccnc(NC4CC4)n3)cc2c1. The minimum Gasteiger partial charge on any atom is -0.488 e. The van der Waals surface area contributed by atoms with Crippen molar-refractivity contribution >= 4 is 23.1 Å². The third kappa shape index (κ3) is 4.09. The molecule has 0 radical (unpaired) electrons. The quantitative estimate of drug-likeness (QED) is 0.427. The Balaban J connectivity index is 1.22. The number of nitrogens with one attached hydrogen (secondary N) is 2. The van der Waals surface area contributed by atoms with Gasteiger partial charge < -0.3 is 15.4 Å². The number of nitrogens with zero attached hydrogens (tertiary/aromatic N) is 7. The summed E-state index contributed by atoms with van der Waals surface area (Å²) >= 11 is 0. The van der Waals surface area contributed by atoms with E-state index in [4.69, 9.17) is 4.74 Å². The van der Waals surface area contributed by atoms with Crippen molar-refractivity contribution in [2.45, 2.75) is 31.3 Å². The molecule has 2 N–H and O–H groups in total. The zero-order valence-electron chi connectivity index (χ0n) is 18.8. The molecule has 10 nitrogen and oxygen atoms in total. The fourth-order valence-electron chi connectivity index (χ4n) is 4.06. The molecular formula is C23H27N9O. The molecule has 2 fully saturated rings. The Bertz CT molecular complexity index is 1290. The molecule has 6 rings (SSSR count). The Labute approximate surface area is 191 Å². The molecule has 0 unspecified atom stereocenters. The van der Waals surface area contributed by atoms with Crippen LogP contribution in [0.15, 0.2) is 42.9 Å². The number of hydrogen-bond donors (Lipinski definition) is 2. The Morgan fingerprint density at radius 3 is 2.82 bits per heavy atom. The lowest BCUT2D eigenvalue weighted by molar-refractivity contribution is 0.0771. The standard InChI is InChI=1S/C23H27N9O/c1-30-9-7-17(30)14-33-19-13-25-31(2)22(19)15-6-10-32-18(11-15)12-21(29-32)27-20-5-8-24-23(28-20)26-16-3-4-16/h5-6,8,10-13,16-17H,3-4,7,9,14H2,1-2H3,(H2,24,26,27,28,29)/t17-/m1/s1. The van der Waals surface area contributed by atoms with Crippen molar-refractivity contribution in [2.75, 3.05) is 30.8 Å². The summed E-state index contributed by atoms with van der Waals surface area (Å²) in [6.45, 7) is 1.81. The maximum absolute atomic E-state index is 6.15. The first-order valence-electron chi connectivity index (χ1n) is 11.3. The highest BCUT2D eigenvalue weighted by atomic mass is 16.5. The van der Waals surface area contributed by atoms with Crippen molar-refractivity contribution in [3.63, 3.8) is 0 Å². The molecule has 4 aromatic rings. The Morgan fingerprint density at radius 2 is 2.03 bits per heavy atom. The average Bonchev–Trinajstić information content (AvgIpc) is 3.40. The molecule has 1 saturated carbocycles. The third-order valence-corrected chi connectivity index (χ3v) is 6.33. The van der Waals surface area contributed by atoms with Gasteiger partial charge >= 0.3 is 0 Å². The Kier molecular flexibility index (Phi) is 4.87. The molecule has 1 aliphatic carbocycles. The van der Waals surface area contributed by atoms with Gasteiger partial charge in [-0.25, -0.2) is 9.50 Å². The average molecular weight is 446 g/mol. The van der Waals surface area contributed by atoms with E-state index >= 15 is 0 Å². The third-order valence-electron chi connectivity index (χ3n) is 6.33. The monoisotopic (exact) mass is 445 g/mol. The Hall–Kier alpha value is -3.66. The van der Waals surface area contributed by atoms with Crippen molar-refractivity contribution in [3.05, 3.63) is 42.9 Å². The number of aromatic nitrogens is 6. The van der Waals surface area contributed by atoms with Crippen LogP contribution in [0.4, 0.5) is 17.6 Å². The summed E-state index contributed by atoms with van der Waals surface area (Å²) in [5.41, 5.74) is 2.96. The van der Waals surface area contributed by atoms with E-state index in [1.54, 1.807) is 12.4 Å². The molecule has 0 aromatic carbocycles. The maximum atomic E-state index is 6.15. The van der Waals surface area contributed by atoms with Gasteiger partial charge in [-0.05, 0) is 51.1 Å². The lowest BCUT2D eigenvalue weighted by Gasteiger charge is -2.37. The minimum atomic E-state index is 0.478. The predicted molar refractivity (Wildman–Crippen MR) is 126 cm³/mol. The van der Waals surface area contributed by atoms with Gasteiger partial charge in [-0.2, -0.15) is 15.2 Å². The van der Waals surface area contributed by atoms with Gasteiger partial charge in [0.1, 0.15) is 18.1 Å². The summed E-state index contributed by atoms with van der Waals surface area (Å²) in [7, 11) is 4.07. The number of rotatable bonds is 8. The lowest BCUT2D eigenvalue weighted by Crippen LogP contribution is -2.48. The fraction of sp³-hybridized carbons (Fsp3) is 0.391. The number of fused-ring (bicyclic) bond motifs is 1. The van der Waals surface area contributed by atoms with Crippen LogP contribution in [0.5, 0.6) is 5.75 Å². The molecule has 33 heavy (non-hydrogen) atoms. The Morgan fingerprint density at radius 1 is 1.12 bits per heavy atom. The molecule has 1 saturated heterocycles. The molecule has 0 spiro atoms. The molecule has 0 bridgehead atoms. The summed E-state index contributed by atoms with van der Waals surface area (Å²) in [6, 6.07) is 8.95. The van der Waals surface area contributed by atoms with Crippen molar-refractivity contribution < 1.29 is 4.74 Å². The second kappa shape index (κ2) is 8.04. The van der Waals surface area contributed by atoms with Gasteiger partial charge in [0.25, 0.3) is 0 Å². The van der Waals surface area contributed by atoms with Crippen LogP contribution in [0.1, 0.15) is 19.3 Å². The van der Waals surface area contributed by atoms with Crippen LogP contribution in [0.2, 0.25) is 0 Å². The highest BCUT2D eigenvalue weighted by Crippen LogP contribution is 2.31. The van der Waals surface area contributed by atoms with E-state index in [-0.39, 0.29) is 0 Å². The molecule has 0 amide bonds. The number of aryl methyl sites for hydroxylation is 1. The van der Waals surface area contributed by atoms with E-state index in [9.17, 15) is 0 Å². The van der Waals surface area contributed by atoms with Gasteiger partial charge in [-0.15, -0.1) is 0 Å². The van der Waals surface area contributed by atoms with E-state index in [1.165, 1.54) is 19.3 Å². The first-order chi connectivity index (χ1) is 16.1. The van der Waals surface area contributed by atoms with Gasteiger partial charge in [0.2, 0.25) is 5.95 Å². The summed E-state index contributed by atoms with van der Waals surface area (Å²) in [4.78, 5) is 11.1. The van der Waals surface area contributed by atoms with E-state index in [0.29, 0.717) is 30.5 Å². The number of hydrogen-bond acceptors (Lipinski definition) is 8. The second-order valence-corrected chi connectivity index (χ2v) is 8.84. The molecule has 4 aromatic heterocycles. The minimum absolute atomic E-state index is 0.478. The van der Waals surface area contributed by atoms with Crippen LogP contribution in [0.3, 0.4) is 0 Å². The van der Waals surface area contributed by atoms with Gasteiger partial charge in [0.05, 0.1) is 11.7 Å². The highest BCUT2D eigenvalue weighted by Gasteiger charge is 2.25. The molecule has 10 heteroatoms. The van der Waals surface area contributed by atoms with Gasteiger partial charge in [-0.3, -0.25) is 9.58 Å². The van der Waals surface area contributed by atoms with E-state index in [1.807, 2.05) is 40.6 Å². The van der Waals surface area contributed by atoms with Crippen LogP contribution >= 0.6 is 0 Å². The van der Waals surface area contributed by atoms with Crippen molar-refractivity contribution in [1.82, 2.24) is 34.3 Å². The topological polar surface area (TPSA) is 97.4 Å². The maximum Gasteiger partial charge on any atom is 0.224 e. The zero-order chi connectivity index (χ0) is 22.4. The largest absolute Gasteiger partial charge is 0.488 e. The van der Waals surface area contributed by atoms with Gasteiger partial charge in [-0.1, -0.05) is 0 Å². The highest BCUT2D eigenvalue weighted by molar-refractivity contribution is 5.72. The predicted octanol–water partition coefficient (Wildman–Crippen LogP) is 2.93. The molecule has 5 heterocycles. The normalized spacial score (nSPS) is 18.3. The first-order valence-corrected chi connectivity index (χ1v) is 11.3. The molecular weight excluding hydrogens is 418 g/mol. The number of ether oxygens (including phenoxy) is 1. The van der Waals surface area contributed by atoms with Crippen molar-refractivity contribution in [1.29, 1.82) is 0 Å². The number of anilines is 3. The van der Waals surface area contributed by atoms with E-state index < -0.39 is 0 Å². The van der Waals surface area contributed by atoms with Crippen LogP contribution in [-0.2, 0) is 7.05 Å². The lowest BCUT2D eigenvalue weighted by atomic mass is 10.1. The van der Waals surface area contributed by atoms with E-state index in [0.717, 1.165) is 34.9 Å². The molecule has 1 aliphatic heterocycles. The summed E-state index contributed by atoms with van der Waals surface area (Å²) < 4.78 is 9.85. The van der Waals surface area contributed by atoms with Gasteiger partial charge in [0.15, 0.2) is 11.6 Å².